The summed E-state index contributed by atoms with van der Waals surface area (Å²) in [6.07, 6.45) is 0.783. The van der Waals surface area contributed by atoms with Gasteiger partial charge in [-0.05, 0) is 11.5 Å². The van der Waals surface area contributed by atoms with Crippen molar-refractivity contribution in [2.24, 2.45) is 0 Å². The van der Waals surface area contributed by atoms with E-state index in [4.69, 9.17) is 5.11 Å². The van der Waals surface area contributed by atoms with E-state index in [-0.39, 0.29) is 12.3 Å². The van der Waals surface area contributed by atoms with E-state index < -0.39 is 24.6 Å². The van der Waals surface area contributed by atoms with Gasteiger partial charge >= 0.3 is 5.97 Å². The zero-order chi connectivity index (χ0) is 23.1. The third-order valence-corrected chi connectivity index (χ3v) is 5.11. The topological polar surface area (TPSA) is 104 Å². The number of aromatic nitrogens is 2. The molecule has 1 heterocycles. The summed E-state index contributed by atoms with van der Waals surface area (Å²) in [5, 5.41) is 38.2. The van der Waals surface area contributed by atoms with Crippen LogP contribution in [-0.2, 0) is 4.79 Å². The van der Waals surface area contributed by atoms with E-state index in [0.29, 0.717) is 0 Å². The first-order chi connectivity index (χ1) is 15.4. The fraction of sp³-hybridized carbons (Fsp3) is 0.269. The predicted octanol–water partition coefficient (Wildman–Crippen LogP) is 4.53. The highest BCUT2D eigenvalue weighted by molar-refractivity contribution is 5.87. The molecule has 3 rings (SSSR count). The van der Waals surface area contributed by atoms with Gasteiger partial charge in [-0.3, -0.25) is 4.79 Å². The lowest BCUT2D eigenvalue weighted by Gasteiger charge is -2.18. The Morgan fingerprint density at radius 1 is 0.938 bits per heavy atom. The molecule has 0 aliphatic rings. The molecule has 6 nitrogen and oxygen atoms in total. The minimum atomic E-state index is -1.12. The molecule has 0 fully saturated rings. The Bertz CT molecular complexity index is 1070. The van der Waals surface area contributed by atoms with Crippen LogP contribution in [0.2, 0.25) is 0 Å². The van der Waals surface area contributed by atoms with Crippen molar-refractivity contribution in [3.63, 3.8) is 0 Å². The first-order valence-electron chi connectivity index (χ1n) is 10.6. The molecule has 0 unspecified atom stereocenters. The molecular weight excluding hydrogens is 404 g/mol. The number of nitrogens with zero attached hydrogens (tertiary/aromatic N) is 2. The molecule has 3 aromatic rings. The number of benzene rings is 2. The van der Waals surface area contributed by atoms with Gasteiger partial charge in [-0.15, -0.1) is 5.10 Å². The van der Waals surface area contributed by atoms with E-state index >= 15 is 0 Å². The molecule has 0 saturated carbocycles. The molecule has 0 aliphatic carbocycles. The molecule has 0 saturated heterocycles. The van der Waals surface area contributed by atoms with Crippen molar-refractivity contribution in [2.45, 2.75) is 44.8 Å². The molecule has 3 N–H and O–H groups in total. The van der Waals surface area contributed by atoms with Crippen molar-refractivity contribution in [1.29, 1.82) is 0 Å². The number of aliphatic hydroxyl groups excluding tert-OH is 2. The van der Waals surface area contributed by atoms with Gasteiger partial charge in [-0.1, -0.05) is 86.7 Å². The van der Waals surface area contributed by atoms with E-state index in [1.54, 1.807) is 12.2 Å². The van der Waals surface area contributed by atoms with Crippen LogP contribution in [0.4, 0.5) is 0 Å². The van der Waals surface area contributed by atoms with Crippen LogP contribution in [0.1, 0.15) is 43.9 Å². The van der Waals surface area contributed by atoms with Crippen molar-refractivity contribution in [3.05, 3.63) is 78.0 Å². The van der Waals surface area contributed by atoms with Gasteiger partial charge in [0.05, 0.1) is 24.3 Å². The third kappa shape index (κ3) is 5.87. The summed E-state index contributed by atoms with van der Waals surface area (Å²) in [5.74, 6) is -1.02. The van der Waals surface area contributed by atoms with Crippen LogP contribution in [0, 0.1) is 0 Å². The molecular formula is C26H28N2O4. The molecule has 0 amide bonds. The Balaban J connectivity index is 2.11. The number of aliphatic hydroxyl groups is 2. The van der Waals surface area contributed by atoms with Crippen molar-refractivity contribution < 1.29 is 20.1 Å². The fourth-order valence-corrected chi connectivity index (χ4v) is 3.60. The summed E-state index contributed by atoms with van der Waals surface area (Å²) in [4.78, 5) is 10.8. The second-order valence-electron chi connectivity index (χ2n) is 8.02. The van der Waals surface area contributed by atoms with Gasteiger partial charge < -0.3 is 15.3 Å². The average molecular weight is 433 g/mol. The van der Waals surface area contributed by atoms with Gasteiger partial charge in [0.1, 0.15) is 5.69 Å². The molecule has 166 valence electrons. The largest absolute Gasteiger partial charge is 0.481 e. The van der Waals surface area contributed by atoms with E-state index in [1.807, 2.05) is 74.5 Å². The number of carbonyl (C=O) groups is 1. The van der Waals surface area contributed by atoms with Crippen molar-refractivity contribution in [2.75, 3.05) is 0 Å². The van der Waals surface area contributed by atoms with Gasteiger partial charge in [0, 0.05) is 23.1 Å². The molecule has 0 spiro atoms. The minimum Gasteiger partial charge on any atom is -0.481 e. The van der Waals surface area contributed by atoms with E-state index in [0.717, 1.165) is 33.6 Å². The number of rotatable bonds is 9. The van der Waals surface area contributed by atoms with Crippen LogP contribution in [-0.4, -0.2) is 43.7 Å². The Morgan fingerprint density at radius 2 is 1.53 bits per heavy atom. The van der Waals surface area contributed by atoms with Crippen molar-refractivity contribution in [3.8, 4) is 22.4 Å². The summed E-state index contributed by atoms with van der Waals surface area (Å²) in [6.45, 7) is 4.07. The van der Waals surface area contributed by atoms with Crippen LogP contribution in [0.15, 0.2) is 66.7 Å². The number of hydrogen-bond acceptors (Lipinski definition) is 5. The third-order valence-electron chi connectivity index (χ3n) is 5.11. The number of carboxylic acid groups (broad SMARTS) is 1. The number of carboxylic acids is 1. The molecule has 32 heavy (non-hydrogen) atoms. The molecule has 0 bridgehead atoms. The highest BCUT2D eigenvalue weighted by Crippen LogP contribution is 2.36. The first kappa shape index (κ1) is 23.3. The van der Waals surface area contributed by atoms with Gasteiger partial charge in [-0.25, -0.2) is 0 Å². The Labute approximate surface area is 187 Å². The Kier molecular flexibility index (Phi) is 7.87. The summed E-state index contributed by atoms with van der Waals surface area (Å²) < 4.78 is 0. The zero-order valence-corrected chi connectivity index (χ0v) is 18.2. The highest BCUT2D eigenvalue weighted by atomic mass is 16.4. The Morgan fingerprint density at radius 3 is 2.09 bits per heavy atom. The van der Waals surface area contributed by atoms with Crippen molar-refractivity contribution >= 4 is 12.0 Å². The number of aliphatic carboxylic acids is 1. The second kappa shape index (κ2) is 10.8. The van der Waals surface area contributed by atoms with Crippen LogP contribution in [0.25, 0.3) is 28.5 Å². The van der Waals surface area contributed by atoms with E-state index in [2.05, 4.69) is 10.2 Å². The summed E-state index contributed by atoms with van der Waals surface area (Å²) in [7, 11) is 0. The van der Waals surface area contributed by atoms with Crippen LogP contribution in [0.5, 0.6) is 0 Å². The SMILES string of the molecule is CC(C)c1nnc(-c2ccccc2)c(-c2ccccc2)c1C=C[C@@H](O)C[C@@H](O)CC(=O)O. The molecule has 1 aromatic heterocycles. The fourth-order valence-electron chi connectivity index (χ4n) is 3.60. The monoisotopic (exact) mass is 432 g/mol. The molecule has 6 heteroatoms. The quantitative estimate of drug-likeness (QED) is 0.459. The van der Waals surface area contributed by atoms with Gasteiger partial charge in [0.15, 0.2) is 0 Å². The predicted molar refractivity (Wildman–Crippen MR) is 125 cm³/mol. The maximum Gasteiger partial charge on any atom is 0.305 e. The van der Waals surface area contributed by atoms with Crippen LogP contribution < -0.4 is 0 Å². The maximum absolute atomic E-state index is 10.8. The molecule has 2 aromatic carbocycles. The summed E-state index contributed by atoms with van der Waals surface area (Å²) in [5.41, 5.74) is 5.18. The minimum absolute atomic E-state index is 0.0649. The first-order valence-corrected chi connectivity index (χ1v) is 10.6. The van der Waals surface area contributed by atoms with E-state index in [1.165, 1.54) is 0 Å². The highest BCUT2D eigenvalue weighted by Gasteiger charge is 2.20. The van der Waals surface area contributed by atoms with E-state index in [9.17, 15) is 15.0 Å². The lowest BCUT2D eigenvalue weighted by molar-refractivity contribution is -0.139. The Hall–Kier alpha value is -3.35. The molecule has 2 atom stereocenters. The van der Waals surface area contributed by atoms with Crippen LogP contribution >= 0.6 is 0 Å². The molecule has 0 aliphatic heterocycles. The summed E-state index contributed by atoms with van der Waals surface area (Å²) >= 11 is 0. The normalized spacial score (nSPS) is 13.4. The van der Waals surface area contributed by atoms with Gasteiger partial charge in [-0.2, -0.15) is 5.10 Å². The maximum atomic E-state index is 10.8. The van der Waals surface area contributed by atoms with Gasteiger partial charge in [0.2, 0.25) is 0 Å². The zero-order valence-electron chi connectivity index (χ0n) is 18.2. The standard InChI is InChI=1S/C26H28N2O4/c1-17(2)25-22(14-13-20(29)15-21(30)16-23(31)32)24(18-9-5-3-6-10-18)26(28-27-25)19-11-7-4-8-12-19/h3-14,17,20-21,29-30H,15-16H2,1-2H3,(H,31,32)/t20-,21-/m1/s1. The number of hydrogen-bond donors (Lipinski definition) is 3. The molecule has 0 radical (unpaired) electrons. The lowest BCUT2D eigenvalue weighted by atomic mass is 9.90. The van der Waals surface area contributed by atoms with Crippen LogP contribution in [0.3, 0.4) is 0 Å². The lowest BCUT2D eigenvalue weighted by Crippen LogP contribution is -2.19. The van der Waals surface area contributed by atoms with Crippen molar-refractivity contribution in [1.82, 2.24) is 10.2 Å². The average Bonchev–Trinajstić information content (AvgIpc) is 2.77. The second-order valence-corrected chi connectivity index (χ2v) is 8.02. The summed E-state index contributed by atoms with van der Waals surface area (Å²) in [6, 6.07) is 19.7. The van der Waals surface area contributed by atoms with Gasteiger partial charge in [0.25, 0.3) is 0 Å². The smallest absolute Gasteiger partial charge is 0.305 e.